The zero-order chi connectivity index (χ0) is 20.6. The van der Waals surface area contributed by atoms with E-state index in [-0.39, 0.29) is 18.6 Å². The van der Waals surface area contributed by atoms with Gasteiger partial charge in [-0.2, -0.15) is 0 Å². The molecule has 0 aliphatic heterocycles. The molecule has 4 N–H and O–H groups in total. The molecule has 29 heavy (non-hydrogen) atoms. The minimum absolute atomic E-state index is 0.136. The van der Waals surface area contributed by atoms with Crippen molar-refractivity contribution in [2.75, 3.05) is 11.9 Å². The quantitative estimate of drug-likeness (QED) is 0.654. The summed E-state index contributed by atoms with van der Waals surface area (Å²) in [4.78, 5) is 24.7. The Morgan fingerprint density at radius 3 is 2.48 bits per heavy atom. The van der Waals surface area contributed by atoms with E-state index < -0.39 is 6.09 Å². The highest BCUT2D eigenvalue weighted by atomic mass is 35.5. The summed E-state index contributed by atoms with van der Waals surface area (Å²) >= 11 is 6.15. The van der Waals surface area contributed by atoms with E-state index in [1.165, 1.54) is 0 Å². The summed E-state index contributed by atoms with van der Waals surface area (Å²) in [5, 5.41) is 6.04. The van der Waals surface area contributed by atoms with Gasteiger partial charge in [-0.25, -0.2) is 4.79 Å². The van der Waals surface area contributed by atoms with Gasteiger partial charge in [-0.15, -0.1) is 0 Å². The molecule has 154 valence electrons. The van der Waals surface area contributed by atoms with Crippen LogP contribution in [0, 0.1) is 5.92 Å². The maximum Gasteiger partial charge on any atom is 0.411 e. The molecular formula is C22H26ClN3O3. The Bertz CT molecular complexity index is 836. The van der Waals surface area contributed by atoms with Crippen molar-refractivity contribution in [2.24, 2.45) is 11.7 Å². The van der Waals surface area contributed by atoms with Gasteiger partial charge in [0.25, 0.3) is 5.91 Å². The zero-order valence-corrected chi connectivity index (χ0v) is 17.0. The summed E-state index contributed by atoms with van der Waals surface area (Å²) < 4.78 is 5.21. The number of benzene rings is 2. The van der Waals surface area contributed by atoms with Crippen molar-refractivity contribution in [3.05, 3.63) is 64.7 Å². The average Bonchev–Trinajstić information content (AvgIpc) is 2.73. The normalized spacial score (nSPS) is 18.7. The van der Waals surface area contributed by atoms with Crippen molar-refractivity contribution in [3.8, 4) is 0 Å². The molecule has 0 bridgehead atoms. The lowest BCUT2D eigenvalue weighted by Gasteiger charge is -2.28. The third-order valence-electron chi connectivity index (χ3n) is 5.13. The number of rotatable bonds is 6. The molecule has 1 aliphatic carbocycles. The van der Waals surface area contributed by atoms with Gasteiger partial charge in [0.15, 0.2) is 0 Å². The van der Waals surface area contributed by atoms with Crippen LogP contribution in [0.15, 0.2) is 48.5 Å². The average molecular weight is 416 g/mol. The van der Waals surface area contributed by atoms with Gasteiger partial charge in [0.2, 0.25) is 0 Å². The van der Waals surface area contributed by atoms with Gasteiger partial charge in [-0.05, 0) is 61.9 Å². The lowest BCUT2D eigenvalue weighted by atomic mass is 9.86. The Kier molecular flexibility index (Phi) is 7.49. The third kappa shape index (κ3) is 6.48. The molecule has 0 unspecified atom stereocenters. The molecule has 7 heteroatoms. The standard InChI is InChI=1S/C22H26ClN3O3/c23-18-10-17(21(27)25-19-8-6-15(13-24)7-9-19)11-20(12-18)26-22(28)29-14-16-4-2-1-3-5-16/h1-5,10-12,15,19H,6-9,13-14,24H2,(H,25,27)(H,26,28). The van der Waals surface area contributed by atoms with Crippen LogP contribution in [0.25, 0.3) is 0 Å². The predicted molar refractivity (Wildman–Crippen MR) is 114 cm³/mol. The molecule has 2 amide bonds. The minimum Gasteiger partial charge on any atom is -0.444 e. The summed E-state index contributed by atoms with van der Waals surface area (Å²) in [6.07, 6.45) is 3.28. The number of hydrogen-bond donors (Lipinski definition) is 3. The highest BCUT2D eigenvalue weighted by molar-refractivity contribution is 6.31. The van der Waals surface area contributed by atoms with Gasteiger partial charge in [0, 0.05) is 22.3 Å². The second-order valence-corrected chi connectivity index (χ2v) is 7.78. The topological polar surface area (TPSA) is 93.5 Å². The van der Waals surface area contributed by atoms with E-state index in [2.05, 4.69) is 10.6 Å². The summed E-state index contributed by atoms with van der Waals surface area (Å²) in [6, 6.07) is 14.3. The van der Waals surface area contributed by atoms with Gasteiger partial charge in [0.05, 0.1) is 0 Å². The Morgan fingerprint density at radius 1 is 1.07 bits per heavy atom. The molecular weight excluding hydrogens is 390 g/mol. The summed E-state index contributed by atoms with van der Waals surface area (Å²) in [7, 11) is 0. The lowest BCUT2D eigenvalue weighted by Crippen LogP contribution is -2.38. The van der Waals surface area contributed by atoms with Crippen LogP contribution in [0.4, 0.5) is 10.5 Å². The van der Waals surface area contributed by atoms with Crippen LogP contribution >= 0.6 is 11.6 Å². The Balaban J connectivity index is 1.56. The van der Waals surface area contributed by atoms with Crippen LogP contribution in [0.2, 0.25) is 5.02 Å². The van der Waals surface area contributed by atoms with Crippen LogP contribution in [0.3, 0.4) is 0 Å². The van der Waals surface area contributed by atoms with Crippen molar-refractivity contribution in [1.29, 1.82) is 0 Å². The predicted octanol–water partition coefficient (Wildman–Crippen LogP) is 4.34. The Hall–Kier alpha value is -2.57. The van der Waals surface area contributed by atoms with Gasteiger partial charge in [0.1, 0.15) is 6.61 Å². The van der Waals surface area contributed by atoms with E-state index in [1.54, 1.807) is 18.2 Å². The monoisotopic (exact) mass is 415 g/mol. The van der Waals surface area contributed by atoms with Crippen molar-refractivity contribution in [1.82, 2.24) is 5.32 Å². The van der Waals surface area contributed by atoms with Crippen molar-refractivity contribution >= 4 is 29.3 Å². The third-order valence-corrected chi connectivity index (χ3v) is 5.35. The molecule has 6 nitrogen and oxygen atoms in total. The number of nitrogens with two attached hydrogens (primary N) is 1. The first-order valence-electron chi connectivity index (χ1n) is 9.82. The van der Waals surface area contributed by atoms with Gasteiger partial charge < -0.3 is 15.8 Å². The fraction of sp³-hybridized carbons (Fsp3) is 0.364. The first kappa shape index (κ1) is 21.1. The van der Waals surface area contributed by atoms with Crippen LogP contribution in [-0.4, -0.2) is 24.6 Å². The van der Waals surface area contributed by atoms with E-state index in [4.69, 9.17) is 22.1 Å². The second-order valence-electron chi connectivity index (χ2n) is 7.34. The van der Waals surface area contributed by atoms with Crippen molar-refractivity contribution in [2.45, 2.75) is 38.3 Å². The number of amides is 2. The van der Waals surface area contributed by atoms with E-state index in [9.17, 15) is 9.59 Å². The zero-order valence-electron chi connectivity index (χ0n) is 16.2. The van der Waals surface area contributed by atoms with E-state index in [0.29, 0.717) is 28.7 Å². The molecule has 0 aromatic heterocycles. The molecule has 2 aromatic carbocycles. The van der Waals surface area contributed by atoms with E-state index in [0.717, 1.165) is 31.2 Å². The maximum atomic E-state index is 12.6. The summed E-state index contributed by atoms with van der Waals surface area (Å²) in [6.45, 7) is 0.858. The molecule has 2 aromatic rings. The highest BCUT2D eigenvalue weighted by Crippen LogP contribution is 2.24. The first-order valence-corrected chi connectivity index (χ1v) is 10.2. The van der Waals surface area contributed by atoms with Gasteiger partial charge in [-0.1, -0.05) is 41.9 Å². The lowest BCUT2D eigenvalue weighted by molar-refractivity contribution is 0.0922. The van der Waals surface area contributed by atoms with Crippen LogP contribution < -0.4 is 16.4 Å². The van der Waals surface area contributed by atoms with Crippen molar-refractivity contribution in [3.63, 3.8) is 0 Å². The molecule has 0 heterocycles. The smallest absolute Gasteiger partial charge is 0.411 e. The number of carbonyl (C=O) groups is 2. The molecule has 0 spiro atoms. The van der Waals surface area contributed by atoms with E-state index in [1.807, 2.05) is 30.3 Å². The largest absolute Gasteiger partial charge is 0.444 e. The minimum atomic E-state index is -0.609. The number of halogens is 1. The fourth-order valence-corrected chi connectivity index (χ4v) is 3.72. The summed E-state index contributed by atoms with van der Waals surface area (Å²) in [5.41, 5.74) is 7.42. The molecule has 1 aliphatic rings. The van der Waals surface area contributed by atoms with Crippen LogP contribution in [0.5, 0.6) is 0 Å². The SMILES string of the molecule is NCC1CCC(NC(=O)c2cc(Cl)cc(NC(=O)OCc3ccccc3)c2)CC1. The fourth-order valence-electron chi connectivity index (χ4n) is 3.48. The van der Waals surface area contributed by atoms with Crippen LogP contribution in [-0.2, 0) is 11.3 Å². The number of ether oxygens (including phenoxy) is 1. The molecule has 0 atom stereocenters. The second kappa shape index (κ2) is 10.3. The molecule has 1 fully saturated rings. The van der Waals surface area contributed by atoms with Gasteiger partial charge in [-0.3, -0.25) is 10.1 Å². The molecule has 0 radical (unpaired) electrons. The Labute approximate surface area is 175 Å². The Morgan fingerprint density at radius 2 is 1.79 bits per heavy atom. The molecule has 1 saturated carbocycles. The number of anilines is 1. The number of hydrogen-bond acceptors (Lipinski definition) is 4. The number of carbonyl (C=O) groups excluding carboxylic acids is 2. The van der Waals surface area contributed by atoms with Crippen molar-refractivity contribution < 1.29 is 14.3 Å². The summed E-state index contributed by atoms with van der Waals surface area (Å²) in [5.74, 6) is 0.344. The maximum absolute atomic E-state index is 12.6. The van der Waals surface area contributed by atoms with Crippen LogP contribution in [0.1, 0.15) is 41.6 Å². The number of nitrogens with one attached hydrogen (secondary N) is 2. The first-order chi connectivity index (χ1) is 14.0. The molecule has 3 rings (SSSR count). The van der Waals surface area contributed by atoms with Gasteiger partial charge >= 0.3 is 6.09 Å². The highest BCUT2D eigenvalue weighted by Gasteiger charge is 2.22. The molecule has 0 saturated heterocycles. The van der Waals surface area contributed by atoms with E-state index >= 15 is 0 Å².